The van der Waals surface area contributed by atoms with Crippen LogP contribution in [0.1, 0.15) is 0 Å². The Morgan fingerprint density at radius 1 is 1.48 bits per heavy atom. The molecule has 0 fully saturated rings. The summed E-state index contributed by atoms with van der Waals surface area (Å²) in [6, 6.07) is 1.95. The number of aromatic nitrogens is 4. The number of nitrogens with two attached hydrogens (primary N) is 1. The Balaban J connectivity index is 2.10. The number of nitrogen functional groups attached to an aromatic ring is 1. The number of hydrogen-bond donors (Lipinski definition) is 4. The van der Waals surface area contributed by atoms with E-state index in [-0.39, 0.29) is 30.7 Å². The van der Waals surface area contributed by atoms with Crippen molar-refractivity contribution in [2.24, 2.45) is 0 Å². The Morgan fingerprint density at radius 2 is 2.22 bits per heavy atom. The molecular formula is C11H16N7O4P. The zero-order valence-corrected chi connectivity index (χ0v) is 13.0. The lowest BCUT2D eigenvalue weighted by Gasteiger charge is -2.19. The molecule has 23 heavy (non-hydrogen) atoms. The fourth-order valence-electron chi connectivity index (χ4n) is 2.03. The van der Waals surface area contributed by atoms with Crippen LogP contribution >= 0.6 is 7.60 Å². The number of nitrogens with zero attached hydrogens (tertiary/aromatic N) is 5. The van der Waals surface area contributed by atoms with Crippen LogP contribution in [-0.4, -0.2) is 60.0 Å². The van der Waals surface area contributed by atoms with Gasteiger partial charge in [-0.15, -0.1) is 0 Å². The normalized spacial score (nSPS) is 11.9. The van der Waals surface area contributed by atoms with Crippen molar-refractivity contribution in [2.45, 2.75) is 6.54 Å². The zero-order valence-electron chi connectivity index (χ0n) is 12.1. The van der Waals surface area contributed by atoms with E-state index in [1.54, 1.807) is 9.47 Å². The highest BCUT2D eigenvalue weighted by molar-refractivity contribution is 7.51. The number of aromatic amines is 1. The predicted octanol–water partition coefficient (Wildman–Crippen LogP) is -1.29. The van der Waals surface area contributed by atoms with Crippen molar-refractivity contribution in [3.8, 4) is 6.07 Å². The van der Waals surface area contributed by atoms with E-state index >= 15 is 0 Å². The maximum atomic E-state index is 11.7. The molecule has 2 aromatic heterocycles. The summed E-state index contributed by atoms with van der Waals surface area (Å²) >= 11 is 0. The first-order valence-corrected chi connectivity index (χ1v) is 8.44. The summed E-state index contributed by atoms with van der Waals surface area (Å²) in [7, 11) is -4.12. The van der Waals surface area contributed by atoms with Gasteiger partial charge in [0.05, 0.1) is 25.1 Å². The van der Waals surface area contributed by atoms with Crippen molar-refractivity contribution >= 4 is 24.7 Å². The molecule has 12 heteroatoms. The van der Waals surface area contributed by atoms with E-state index in [9.17, 15) is 9.36 Å². The molecule has 0 radical (unpaired) electrons. The molecule has 124 valence electrons. The highest BCUT2D eigenvalue weighted by Crippen LogP contribution is 2.33. The first-order valence-electron chi connectivity index (χ1n) is 6.64. The molecule has 2 aromatic rings. The minimum Gasteiger partial charge on any atom is -0.369 e. The molecule has 0 saturated carbocycles. The fourth-order valence-corrected chi connectivity index (χ4v) is 2.57. The summed E-state index contributed by atoms with van der Waals surface area (Å²) in [5, 5.41) is 8.79. The van der Waals surface area contributed by atoms with E-state index in [1.807, 2.05) is 6.07 Å². The van der Waals surface area contributed by atoms with E-state index < -0.39 is 13.2 Å². The SMILES string of the molecule is N#CCN(CCn1cnc2c(=O)[nH]c(N)nc21)CCP(=O)(O)O. The lowest BCUT2D eigenvalue weighted by Crippen LogP contribution is -2.30. The molecule has 0 aliphatic carbocycles. The van der Waals surface area contributed by atoms with Gasteiger partial charge in [0.1, 0.15) is 0 Å². The average molecular weight is 341 g/mol. The largest absolute Gasteiger partial charge is 0.369 e. The van der Waals surface area contributed by atoms with Gasteiger partial charge in [0.2, 0.25) is 5.95 Å². The van der Waals surface area contributed by atoms with Gasteiger partial charge in [-0.2, -0.15) is 10.2 Å². The minimum atomic E-state index is -4.12. The molecule has 0 aliphatic rings. The van der Waals surface area contributed by atoms with Crippen molar-refractivity contribution in [1.29, 1.82) is 5.26 Å². The summed E-state index contributed by atoms with van der Waals surface area (Å²) in [4.78, 5) is 41.4. The van der Waals surface area contributed by atoms with Crippen molar-refractivity contribution in [2.75, 3.05) is 31.5 Å². The number of rotatable bonds is 7. The monoisotopic (exact) mass is 341 g/mol. The van der Waals surface area contributed by atoms with Crippen molar-refractivity contribution in [1.82, 2.24) is 24.4 Å². The minimum absolute atomic E-state index is 0.0281. The van der Waals surface area contributed by atoms with Gasteiger partial charge >= 0.3 is 7.60 Å². The zero-order chi connectivity index (χ0) is 17.0. The maximum absolute atomic E-state index is 11.7. The maximum Gasteiger partial charge on any atom is 0.326 e. The molecule has 0 saturated heterocycles. The highest BCUT2D eigenvalue weighted by Gasteiger charge is 2.16. The molecule has 2 rings (SSSR count). The van der Waals surface area contributed by atoms with E-state index in [1.165, 1.54) is 6.33 Å². The lowest BCUT2D eigenvalue weighted by atomic mass is 10.4. The third kappa shape index (κ3) is 4.61. The van der Waals surface area contributed by atoms with Crippen LogP contribution in [0, 0.1) is 11.3 Å². The smallest absolute Gasteiger partial charge is 0.326 e. The van der Waals surface area contributed by atoms with E-state index in [0.717, 1.165) is 0 Å². The first kappa shape index (κ1) is 17.1. The van der Waals surface area contributed by atoms with Crippen LogP contribution in [0.2, 0.25) is 0 Å². The third-order valence-electron chi connectivity index (χ3n) is 3.15. The van der Waals surface area contributed by atoms with Crippen LogP contribution in [0.5, 0.6) is 0 Å². The molecule has 5 N–H and O–H groups in total. The van der Waals surface area contributed by atoms with Crippen LogP contribution in [0.25, 0.3) is 11.2 Å². The van der Waals surface area contributed by atoms with Crippen LogP contribution in [0.3, 0.4) is 0 Å². The second-order valence-corrected chi connectivity index (χ2v) is 6.66. The van der Waals surface area contributed by atoms with Gasteiger partial charge in [-0.25, -0.2) is 4.98 Å². The molecule has 0 amide bonds. The van der Waals surface area contributed by atoms with Gasteiger partial charge in [0.15, 0.2) is 11.2 Å². The third-order valence-corrected chi connectivity index (χ3v) is 3.93. The molecule has 0 atom stereocenters. The summed E-state index contributed by atoms with van der Waals surface area (Å²) in [6.45, 7) is 0.798. The number of hydrogen-bond acceptors (Lipinski definition) is 7. The van der Waals surface area contributed by atoms with Gasteiger partial charge < -0.3 is 20.1 Å². The van der Waals surface area contributed by atoms with E-state index in [2.05, 4.69) is 15.0 Å². The second-order valence-electron chi connectivity index (χ2n) is 4.88. The van der Waals surface area contributed by atoms with E-state index in [4.69, 9.17) is 20.8 Å². The molecule has 11 nitrogen and oxygen atoms in total. The molecule has 0 unspecified atom stereocenters. The molecular weight excluding hydrogens is 325 g/mol. The van der Waals surface area contributed by atoms with Gasteiger partial charge in [0, 0.05) is 19.6 Å². The Morgan fingerprint density at radius 3 is 2.87 bits per heavy atom. The van der Waals surface area contributed by atoms with E-state index in [0.29, 0.717) is 18.7 Å². The number of imidazole rings is 1. The van der Waals surface area contributed by atoms with Gasteiger partial charge in [-0.05, 0) is 0 Å². The van der Waals surface area contributed by atoms with Crippen LogP contribution < -0.4 is 11.3 Å². The summed E-state index contributed by atoms with van der Waals surface area (Å²) in [6.07, 6.45) is 1.10. The summed E-state index contributed by atoms with van der Waals surface area (Å²) < 4.78 is 12.5. The van der Waals surface area contributed by atoms with Crippen LogP contribution in [0.15, 0.2) is 11.1 Å². The first-order chi connectivity index (χ1) is 10.8. The second kappa shape index (κ2) is 6.89. The van der Waals surface area contributed by atoms with Crippen molar-refractivity contribution < 1.29 is 14.4 Å². The van der Waals surface area contributed by atoms with Crippen LogP contribution in [-0.2, 0) is 11.1 Å². The number of fused-ring (bicyclic) bond motifs is 1. The quantitative estimate of drug-likeness (QED) is 0.352. The molecule has 0 aromatic carbocycles. The Kier molecular flexibility index (Phi) is 5.12. The molecule has 0 aliphatic heterocycles. The standard InChI is InChI=1S/C11H16N7O4P/c12-1-2-17(5-6-23(20,21)22)3-4-18-7-14-8-9(18)15-11(13)16-10(8)19/h7H,2-6H2,(H2,20,21,22)(H3,13,15,16,19). The number of nitriles is 1. The molecule has 0 bridgehead atoms. The Bertz CT molecular complexity index is 833. The number of anilines is 1. The van der Waals surface area contributed by atoms with Gasteiger partial charge in [0.25, 0.3) is 5.56 Å². The van der Waals surface area contributed by atoms with Gasteiger partial charge in [-0.1, -0.05) is 0 Å². The Hall–Kier alpha value is -2.25. The topological polar surface area (TPSA) is 174 Å². The Labute approximate surface area is 130 Å². The lowest BCUT2D eigenvalue weighted by molar-refractivity contribution is 0.297. The average Bonchev–Trinajstić information content (AvgIpc) is 2.84. The summed E-state index contributed by atoms with van der Waals surface area (Å²) in [5.41, 5.74) is 5.53. The molecule has 2 heterocycles. The highest BCUT2D eigenvalue weighted by atomic mass is 31.2. The predicted molar refractivity (Wildman–Crippen MR) is 81.5 cm³/mol. The van der Waals surface area contributed by atoms with Crippen LogP contribution in [0.4, 0.5) is 5.95 Å². The van der Waals surface area contributed by atoms with Crippen molar-refractivity contribution in [3.05, 3.63) is 16.7 Å². The number of nitrogens with one attached hydrogen (secondary N) is 1. The fraction of sp³-hybridized carbons (Fsp3) is 0.455. The molecule has 0 spiro atoms. The summed E-state index contributed by atoms with van der Waals surface area (Å²) in [5.74, 6) is -0.0281. The number of H-pyrrole nitrogens is 1. The van der Waals surface area contributed by atoms with Gasteiger partial charge in [-0.3, -0.25) is 19.2 Å². The van der Waals surface area contributed by atoms with Crippen molar-refractivity contribution in [3.63, 3.8) is 0 Å².